The fourth-order valence-corrected chi connectivity index (χ4v) is 5.02. The maximum absolute atomic E-state index is 13.2. The van der Waals surface area contributed by atoms with Crippen molar-refractivity contribution >= 4 is 28.5 Å². The summed E-state index contributed by atoms with van der Waals surface area (Å²) in [4.78, 5) is 31.5. The number of imidazole rings is 1. The van der Waals surface area contributed by atoms with Crippen LogP contribution in [-0.4, -0.2) is 61.2 Å². The largest absolute Gasteiger partial charge is 0.382 e. The van der Waals surface area contributed by atoms with Crippen molar-refractivity contribution < 1.29 is 9.59 Å². The number of nitrogens with zero attached hydrogens (tertiary/aromatic N) is 5. The summed E-state index contributed by atoms with van der Waals surface area (Å²) in [5.41, 5.74) is 4.39. The van der Waals surface area contributed by atoms with Gasteiger partial charge in [0.2, 0.25) is 11.8 Å². The molecule has 0 unspecified atom stereocenters. The first-order chi connectivity index (χ1) is 16.0. The third-order valence-electron chi connectivity index (χ3n) is 6.70. The number of rotatable bonds is 6. The molecule has 5 rings (SSSR count). The molecule has 9 heteroatoms. The number of carbonyl (C=O) groups excluding carboxylic acids is 2. The summed E-state index contributed by atoms with van der Waals surface area (Å²) in [5, 5.41) is 10.8. The summed E-state index contributed by atoms with van der Waals surface area (Å²) >= 11 is 0. The first kappa shape index (κ1) is 21.5. The Morgan fingerprint density at radius 1 is 1.27 bits per heavy atom. The number of benzene rings is 1. The molecule has 33 heavy (non-hydrogen) atoms. The van der Waals surface area contributed by atoms with E-state index in [1.165, 1.54) is 12.5 Å². The quantitative estimate of drug-likeness (QED) is 0.600. The van der Waals surface area contributed by atoms with Crippen LogP contribution in [-0.2, 0) is 35.5 Å². The first-order valence-electron chi connectivity index (χ1n) is 11.8. The lowest BCUT2D eigenvalue weighted by Gasteiger charge is -2.24. The molecule has 0 aliphatic carbocycles. The minimum absolute atomic E-state index is 0.0327. The van der Waals surface area contributed by atoms with Crippen molar-refractivity contribution in [3.05, 3.63) is 42.0 Å². The second-order valence-corrected chi connectivity index (χ2v) is 9.20. The van der Waals surface area contributed by atoms with Crippen molar-refractivity contribution in [2.45, 2.75) is 64.7 Å². The molecule has 174 valence electrons. The molecule has 1 saturated heterocycles. The van der Waals surface area contributed by atoms with Crippen LogP contribution in [0.4, 0.5) is 5.69 Å². The lowest BCUT2D eigenvalue weighted by Crippen LogP contribution is -2.38. The molecule has 4 heterocycles. The number of amides is 2. The molecule has 1 aromatic carbocycles. The summed E-state index contributed by atoms with van der Waals surface area (Å²) in [6.45, 7) is 5.90. The van der Waals surface area contributed by atoms with E-state index in [1.54, 1.807) is 6.20 Å². The van der Waals surface area contributed by atoms with E-state index in [9.17, 15) is 9.59 Å². The van der Waals surface area contributed by atoms with Gasteiger partial charge in [-0.3, -0.25) is 14.3 Å². The predicted molar refractivity (Wildman–Crippen MR) is 126 cm³/mol. The van der Waals surface area contributed by atoms with E-state index in [0.29, 0.717) is 32.1 Å². The molecule has 0 spiro atoms. The van der Waals surface area contributed by atoms with Gasteiger partial charge in [-0.2, -0.15) is 5.10 Å². The topological polar surface area (TPSA) is 97.1 Å². The highest BCUT2D eigenvalue weighted by Gasteiger charge is 2.28. The number of hydrogen-bond acceptors (Lipinski definition) is 5. The third kappa shape index (κ3) is 4.44. The van der Waals surface area contributed by atoms with Gasteiger partial charge in [0, 0.05) is 68.7 Å². The fourth-order valence-electron chi connectivity index (χ4n) is 5.02. The molecule has 2 aliphatic rings. The maximum Gasteiger partial charge on any atom is 0.242 e. The number of nitrogens with one attached hydrogen (secondary N) is 2. The molecular weight excluding hydrogens is 418 g/mol. The van der Waals surface area contributed by atoms with Crippen LogP contribution in [0.3, 0.4) is 0 Å². The Labute approximate surface area is 193 Å². The van der Waals surface area contributed by atoms with Crippen molar-refractivity contribution in [2.75, 3.05) is 18.4 Å². The molecule has 3 aromatic rings. The van der Waals surface area contributed by atoms with Gasteiger partial charge >= 0.3 is 0 Å². The van der Waals surface area contributed by atoms with E-state index < -0.39 is 0 Å². The second-order valence-electron chi connectivity index (χ2n) is 9.20. The van der Waals surface area contributed by atoms with Crippen molar-refractivity contribution in [3.8, 4) is 0 Å². The zero-order chi connectivity index (χ0) is 22.9. The zero-order valence-corrected chi connectivity index (χ0v) is 19.3. The van der Waals surface area contributed by atoms with Gasteiger partial charge in [0.25, 0.3) is 0 Å². The average Bonchev–Trinajstić information content (AvgIpc) is 3.52. The molecule has 0 saturated carbocycles. The molecule has 2 aliphatic heterocycles. The number of likely N-dealkylation sites (tertiary alicyclic amines) is 1. The highest BCUT2D eigenvalue weighted by molar-refractivity contribution is 5.87. The minimum atomic E-state index is -0.0523. The molecule has 1 fully saturated rings. The van der Waals surface area contributed by atoms with E-state index in [-0.39, 0.29) is 24.4 Å². The zero-order valence-electron chi connectivity index (χ0n) is 19.3. The van der Waals surface area contributed by atoms with Crippen LogP contribution < -0.4 is 10.6 Å². The average molecular weight is 450 g/mol. The lowest BCUT2D eigenvalue weighted by molar-refractivity contribution is -0.131. The van der Waals surface area contributed by atoms with Crippen LogP contribution in [0.2, 0.25) is 0 Å². The van der Waals surface area contributed by atoms with Crippen molar-refractivity contribution in [1.29, 1.82) is 0 Å². The molecule has 2 amide bonds. The molecular formula is C24H31N7O2. The Hall–Kier alpha value is -3.36. The van der Waals surface area contributed by atoms with Gasteiger partial charge in [-0.1, -0.05) is 0 Å². The van der Waals surface area contributed by atoms with E-state index >= 15 is 0 Å². The predicted octanol–water partition coefficient (Wildman–Crippen LogP) is 1.96. The van der Waals surface area contributed by atoms with Crippen LogP contribution in [0.1, 0.15) is 38.1 Å². The van der Waals surface area contributed by atoms with E-state index in [4.69, 9.17) is 4.98 Å². The summed E-state index contributed by atoms with van der Waals surface area (Å²) in [5.74, 6) is 0.911. The van der Waals surface area contributed by atoms with E-state index in [2.05, 4.69) is 39.4 Å². The molecule has 9 nitrogen and oxygen atoms in total. The number of carbonyl (C=O) groups is 2. The van der Waals surface area contributed by atoms with Gasteiger partial charge < -0.3 is 20.1 Å². The standard InChI is InChI=1S/C24H31N7O2/c1-16-4-5-19-20(26-16)6-7-21-24(19)28-22(9-13-30-11-3-10-25-30)31(21)15-23(33)29-12-8-18(14-29)27-17(2)32/h3,6-7,10-11,16,18,26H,4-5,8-9,12-15H2,1-2H3,(H,27,32)/t16-,18+/m0/s1. The van der Waals surface area contributed by atoms with Crippen molar-refractivity contribution in [1.82, 2.24) is 29.5 Å². The monoisotopic (exact) mass is 449 g/mol. The maximum atomic E-state index is 13.2. The van der Waals surface area contributed by atoms with Gasteiger partial charge in [0.1, 0.15) is 12.4 Å². The smallest absolute Gasteiger partial charge is 0.242 e. The molecule has 2 atom stereocenters. The number of anilines is 1. The van der Waals surface area contributed by atoms with Gasteiger partial charge in [0.05, 0.1) is 11.0 Å². The van der Waals surface area contributed by atoms with Gasteiger partial charge in [-0.05, 0) is 44.4 Å². The van der Waals surface area contributed by atoms with E-state index in [1.807, 2.05) is 21.8 Å². The van der Waals surface area contributed by atoms with Crippen LogP contribution in [0, 0.1) is 0 Å². The van der Waals surface area contributed by atoms with E-state index in [0.717, 1.165) is 41.8 Å². The SMILES string of the molecule is CC(=O)N[C@@H]1CCN(C(=O)Cn2c(CCn3cccn3)nc3c4c(ccc32)N[C@@H](C)CC4)C1. The van der Waals surface area contributed by atoms with Gasteiger partial charge in [-0.15, -0.1) is 0 Å². The molecule has 0 bridgehead atoms. The van der Waals surface area contributed by atoms with Crippen LogP contribution in [0.5, 0.6) is 0 Å². The van der Waals surface area contributed by atoms with Crippen molar-refractivity contribution in [3.63, 3.8) is 0 Å². The number of fused-ring (bicyclic) bond motifs is 3. The van der Waals surface area contributed by atoms with Gasteiger partial charge in [0.15, 0.2) is 0 Å². The fraction of sp³-hybridized carbons (Fsp3) is 0.500. The Balaban J connectivity index is 1.43. The Kier molecular flexibility index (Phi) is 5.78. The Morgan fingerprint density at radius 2 is 2.15 bits per heavy atom. The lowest BCUT2D eigenvalue weighted by atomic mass is 9.98. The Morgan fingerprint density at radius 3 is 2.94 bits per heavy atom. The summed E-state index contributed by atoms with van der Waals surface area (Å²) in [7, 11) is 0. The van der Waals surface area contributed by atoms with Crippen LogP contribution >= 0.6 is 0 Å². The first-order valence-corrected chi connectivity index (χ1v) is 11.8. The molecule has 2 N–H and O–H groups in total. The second kappa shape index (κ2) is 8.88. The van der Waals surface area contributed by atoms with Crippen LogP contribution in [0.25, 0.3) is 11.0 Å². The van der Waals surface area contributed by atoms with Crippen LogP contribution in [0.15, 0.2) is 30.6 Å². The number of aryl methyl sites for hydroxylation is 3. The third-order valence-corrected chi connectivity index (χ3v) is 6.70. The van der Waals surface area contributed by atoms with Gasteiger partial charge in [-0.25, -0.2) is 4.98 Å². The van der Waals surface area contributed by atoms with Crippen molar-refractivity contribution in [2.24, 2.45) is 0 Å². The number of hydrogen-bond donors (Lipinski definition) is 2. The summed E-state index contributed by atoms with van der Waals surface area (Å²) in [6, 6.07) is 6.60. The molecule has 2 aromatic heterocycles. The summed E-state index contributed by atoms with van der Waals surface area (Å²) in [6.07, 6.45) is 7.25. The highest BCUT2D eigenvalue weighted by atomic mass is 16.2. The number of aromatic nitrogens is 4. The highest BCUT2D eigenvalue weighted by Crippen LogP contribution is 2.32. The summed E-state index contributed by atoms with van der Waals surface area (Å²) < 4.78 is 3.97. The normalized spacial score (nSPS) is 20.0. The Bertz CT molecular complexity index is 1170. The molecule has 0 radical (unpaired) electrons. The minimum Gasteiger partial charge on any atom is -0.382 e.